The van der Waals surface area contributed by atoms with Crippen molar-refractivity contribution in [2.75, 3.05) is 5.32 Å². The number of nitrogens with zero attached hydrogens (tertiary/aromatic N) is 3. The van der Waals surface area contributed by atoms with Crippen LogP contribution in [0.2, 0.25) is 0 Å². The van der Waals surface area contributed by atoms with Gasteiger partial charge in [0.1, 0.15) is 5.65 Å². The van der Waals surface area contributed by atoms with E-state index in [9.17, 15) is 4.79 Å². The molecule has 27 heavy (non-hydrogen) atoms. The zero-order valence-corrected chi connectivity index (χ0v) is 16.2. The van der Waals surface area contributed by atoms with Crippen molar-refractivity contribution in [3.05, 3.63) is 51.9 Å². The Morgan fingerprint density at radius 2 is 1.81 bits per heavy atom. The fraction of sp³-hybridized carbons (Fsp3) is 0.409. The summed E-state index contributed by atoms with van der Waals surface area (Å²) in [4.78, 5) is 22.2. The summed E-state index contributed by atoms with van der Waals surface area (Å²) >= 11 is 0. The fourth-order valence-electron chi connectivity index (χ4n) is 4.16. The highest BCUT2D eigenvalue weighted by atomic mass is 16.1. The quantitative estimate of drug-likeness (QED) is 0.752. The third kappa shape index (κ3) is 3.34. The van der Waals surface area contributed by atoms with Crippen molar-refractivity contribution in [1.29, 1.82) is 0 Å². The van der Waals surface area contributed by atoms with Gasteiger partial charge in [0.05, 0.1) is 0 Å². The van der Waals surface area contributed by atoms with Crippen LogP contribution in [-0.4, -0.2) is 20.6 Å². The molecule has 0 amide bonds. The van der Waals surface area contributed by atoms with Gasteiger partial charge in [-0.3, -0.25) is 9.36 Å². The van der Waals surface area contributed by atoms with Crippen molar-refractivity contribution in [2.45, 2.75) is 52.0 Å². The van der Waals surface area contributed by atoms with Crippen LogP contribution in [0.4, 0.5) is 5.95 Å². The largest absolute Gasteiger partial charge is 0.351 e. The van der Waals surface area contributed by atoms with Crippen molar-refractivity contribution in [3.63, 3.8) is 0 Å². The molecule has 0 bridgehead atoms. The highest BCUT2D eigenvalue weighted by Gasteiger charge is 2.17. The minimum Gasteiger partial charge on any atom is -0.351 e. The number of hydrogen-bond acceptors (Lipinski definition) is 4. The molecule has 1 fully saturated rings. The Bertz CT molecular complexity index is 1030. The maximum Gasteiger partial charge on any atom is 0.259 e. The molecule has 0 aliphatic heterocycles. The smallest absolute Gasteiger partial charge is 0.259 e. The van der Waals surface area contributed by atoms with Gasteiger partial charge >= 0.3 is 0 Å². The van der Waals surface area contributed by atoms with Crippen molar-refractivity contribution < 1.29 is 0 Å². The van der Waals surface area contributed by atoms with Gasteiger partial charge in [-0.25, -0.2) is 4.98 Å². The van der Waals surface area contributed by atoms with Gasteiger partial charge in [-0.2, -0.15) is 4.98 Å². The lowest BCUT2D eigenvalue weighted by Gasteiger charge is -2.22. The summed E-state index contributed by atoms with van der Waals surface area (Å²) in [7, 11) is 1.79. The number of rotatable bonds is 3. The lowest BCUT2D eigenvalue weighted by atomic mass is 9.96. The van der Waals surface area contributed by atoms with Crippen LogP contribution in [0.1, 0.15) is 43.2 Å². The van der Waals surface area contributed by atoms with Crippen LogP contribution >= 0.6 is 0 Å². The summed E-state index contributed by atoms with van der Waals surface area (Å²) < 4.78 is 1.64. The topological polar surface area (TPSA) is 59.8 Å². The molecule has 1 aliphatic rings. The maximum absolute atomic E-state index is 13.1. The van der Waals surface area contributed by atoms with E-state index in [1.165, 1.54) is 19.3 Å². The molecule has 0 atom stereocenters. The molecule has 140 valence electrons. The predicted octanol–water partition coefficient (Wildman–Crippen LogP) is 4.36. The Labute approximate surface area is 159 Å². The first kappa shape index (κ1) is 17.7. The number of aromatic nitrogens is 3. The van der Waals surface area contributed by atoms with E-state index >= 15 is 0 Å². The Balaban J connectivity index is 1.78. The van der Waals surface area contributed by atoms with E-state index in [0.29, 0.717) is 23.2 Å². The van der Waals surface area contributed by atoms with E-state index in [0.717, 1.165) is 34.9 Å². The molecule has 2 heterocycles. The molecule has 1 N–H and O–H groups in total. The molecule has 0 spiro atoms. The normalized spacial score (nSPS) is 15.2. The number of benzene rings is 1. The Hall–Kier alpha value is -2.69. The molecule has 5 heteroatoms. The highest BCUT2D eigenvalue weighted by Crippen LogP contribution is 2.27. The van der Waals surface area contributed by atoms with E-state index in [2.05, 4.69) is 15.3 Å². The van der Waals surface area contributed by atoms with Crippen molar-refractivity contribution in [1.82, 2.24) is 14.5 Å². The average molecular weight is 362 g/mol. The Kier molecular flexibility index (Phi) is 4.68. The van der Waals surface area contributed by atoms with E-state index in [-0.39, 0.29) is 5.56 Å². The van der Waals surface area contributed by atoms with Gasteiger partial charge < -0.3 is 5.32 Å². The number of nitrogens with one attached hydrogen (secondary N) is 1. The van der Waals surface area contributed by atoms with Crippen LogP contribution in [0.3, 0.4) is 0 Å². The maximum atomic E-state index is 13.1. The third-order valence-electron chi connectivity index (χ3n) is 5.64. The van der Waals surface area contributed by atoms with Crippen LogP contribution in [0.5, 0.6) is 0 Å². The monoisotopic (exact) mass is 362 g/mol. The van der Waals surface area contributed by atoms with Crippen LogP contribution in [0.15, 0.2) is 35.3 Å². The minimum absolute atomic E-state index is 0.0257. The molecule has 3 aromatic rings. The molecule has 1 aromatic carbocycles. The van der Waals surface area contributed by atoms with Gasteiger partial charge in [-0.1, -0.05) is 37.5 Å². The van der Waals surface area contributed by atoms with Gasteiger partial charge in [0.2, 0.25) is 5.95 Å². The number of pyridine rings is 1. The average Bonchev–Trinajstić information content (AvgIpc) is 2.67. The summed E-state index contributed by atoms with van der Waals surface area (Å²) in [5.74, 6) is 0.615. The molecule has 0 unspecified atom stereocenters. The van der Waals surface area contributed by atoms with Crippen LogP contribution in [0, 0.1) is 13.8 Å². The first-order chi connectivity index (χ1) is 13.0. The summed E-state index contributed by atoms with van der Waals surface area (Å²) in [6.07, 6.45) is 7.96. The molecule has 0 saturated heterocycles. The van der Waals surface area contributed by atoms with Crippen molar-refractivity contribution in [3.8, 4) is 11.1 Å². The third-order valence-corrected chi connectivity index (χ3v) is 5.64. The number of anilines is 1. The van der Waals surface area contributed by atoms with Crippen molar-refractivity contribution in [2.24, 2.45) is 7.05 Å². The van der Waals surface area contributed by atoms with Gasteiger partial charge in [0, 0.05) is 30.2 Å². The fourth-order valence-corrected chi connectivity index (χ4v) is 4.16. The number of hydrogen-bond donors (Lipinski definition) is 1. The lowest BCUT2D eigenvalue weighted by molar-refractivity contribution is 0.461. The van der Waals surface area contributed by atoms with E-state index < -0.39 is 0 Å². The molecule has 4 rings (SSSR count). The SMILES string of the molecule is Cc1cccc(C)c1-c1cc2cnc(NC3CCCCC3)nc2n(C)c1=O. The molecule has 5 nitrogen and oxygen atoms in total. The Morgan fingerprint density at radius 3 is 2.52 bits per heavy atom. The van der Waals surface area contributed by atoms with Crippen LogP contribution in [0.25, 0.3) is 22.2 Å². The molecular formula is C22H26N4O. The summed E-state index contributed by atoms with van der Waals surface area (Å²) in [6.45, 7) is 4.08. The predicted molar refractivity (Wildman–Crippen MR) is 110 cm³/mol. The van der Waals surface area contributed by atoms with Crippen LogP contribution < -0.4 is 10.9 Å². The second-order valence-electron chi connectivity index (χ2n) is 7.64. The van der Waals surface area contributed by atoms with Gasteiger partial charge in [0.25, 0.3) is 5.56 Å². The minimum atomic E-state index is -0.0257. The summed E-state index contributed by atoms with van der Waals surface area (Å²) in [5.41, 5.74) is 4.55. The second-order valence-corrected chi connectivity index (χ2v) is 7.64. The molecule has 1 aliphatic carbocycles. The number of fused-ring (bicyclic) bond motifs is 1. The van der Waals surface area contributed by atoms with Gasteiger partial charge in [0.15, 0.2) is 0 Å². The second kappa shape index (κ2) is 7.14. The van der Waals surface area contributed by atoms with E-state index in [4.69, 9.17) is 0 Å². The lowest BCUT2D eigenvalue weighted by Crippen LogP contribution is -2.24. The summed E-state index contributed by atoms with van der Waals surface area (Å²) in [5, 5.41) is 4.33. The van der Waals surface area contributed by atoms with Crippen molar-refractivity contribution >= 4 is 17.0 Å². The highest BCUT2D eigenvalue weighted by molar-refractivity contribution is 5.83. The number of aryl methyl sites for hydroxylation is 3. The molecule has 2 aromatic heterocycles. The first-order valence-electron chi connectivity index (χ1n) is 9.74. The van der Waals surface area contributed by atoms with Gasteiger partial charge in [-0.15, -0.1) is 0 Å². The Morgan fingerprint density at radius 1 is 1.11 bits per heavy atom. The van der Waals surface area contributed by atoms with Crippen LogP contribution in [-0.2, 0) is 7.05 Å². The van der Waals surface area contributed by atoms with Gasteiger partial charge in [-0.05, 0) is 49.4 Å². The van der Waals surface area contributed by atoms with E-state index in [1.807, 2.05) is 44.3 Å². The molecular weight excluding hydrogens is 336 g/mol. The summed E-state index contributed by atoms with van der Waals surface area (Å²) in [6, 6.07) is 8.46. The molecule has 1 saturated carbocycles. The van der Waals surface area contributed by atoms with E-state index in [1.54, 1.807) is 11.6 Å². The standard InChI is InChI=1S/C22H26N4O/c1-14-8-7-9-15(2)19(14)18-12-16-13-23-22(24-17-10-5-4-6-11-17)25-20(16)26(3)21(18)27/h7-9,12-13,17H,4-6,10-11H2,1-3H3,(H,23,24,25). The first-order valence-corrected chi connectivity index (χ1v) is 9.74. The molecule has 0 radical (unpaired) electrons. The zero-order valence-electron chi connectivity index (χ0n) is 16.2. The zero-order chi connectivity index (χ0) is 19.0.